The molecule has 1 heterocycles. The number of nitrogens with zero attached hydrogens (tertiary/aromatic N) is 2. The maximum atomic E-state index is 9.19. The van der Waals surface area contributed by atoms with Gasteiger partial charge in [-0.15, -0.1) is 0 Å². The van der Waals surface area contributed by atoms with Gasteiger partial charge in [0.25, 0.3) is 0 Å². The van der Waals surface area contributed by atoms with Gasteiger partial charge < -0.3 is 11.1 Å². The lowest BCUT2D eigenvalue weighted by molar-refractivity contribution is 1.08. The third-order valence-electron chi connectivity index (χ3n) is 2.96. The van der Waals surface area contributed by atoms with E-state index in [0.717, 1.165) is 22.5 Å². The first-order chi connectivity index (χ1) is 9.11. The van der Waals surface area contributed by atoms with Crippen molar-refractivity contribution in [3.8, 4) is 6.07 Å². The molecule has 2 rings (SSSR count). The Morgan fingerprint density at radius 2 is 2.05 bits per heavy atom. The van der Waals surface area contributed by atoms with E-state index in [1.165, 1.54) is 0 Å². The summed E-state index contributed by atoms with van der Waals surface area (Å²) in [6.07, 6.45) is 0. The van der Waals surface area contributed by atoms with E-state index in [0.29, 0.717) is 17.9 Å². The highest BCUT2D eigenvalue weighted by molar-refractivity contribution is 5.57. The normalized spacial score (nSPS) is 9.95. The standard InChI is InChI=1S/C15H16N4/c1-10-7-11(2)19-15(13(10)8-16)18-9-12-5-3-4-6-14(12)17/h3-7H,9,17H2,1-2H3,(H,18,19). The smallest absolute Gasteiger partial charge is 0.144 e. The largest absolute Gasteiger partial charge is 0.398 e. The second kappa shape index (κ2) is 5.40. The predicted octanol–water partition coefficient (Wildman–Crippen LogP) is 2.76. The van der Waals surface area contributed by atoms with Crippen LogP contribution in [0.1, 0.15) is 22.4 Å². The monoisotopic (exact) mass is 252 g/mol. The van der Waals surface area contributed by atoms with Gasteiger partial charge in [-0.1, -0.05) is 18.2 Å². The Kier molecular flexibility index (Phi) is 3.67. The molecular formula is C15H16N4. The molecule has 0 spiro atoms. The number of aryl methyl sites for hydroxylation is 2. The first kappa shape index (κ1) is 12.9. The lowest BCUT2D eigenvalue weighted by atomic mass is 10.1. The van der Waals surface area contributed by atoms with Crippen LogP contribution in [0.15, 0.2) is 30.3 Å². The number of nitrogen functional groups attached to an aromatic ring is 1. The molecule has 96 valence electrons. The van der Waals surface area contributed by atoms with Gasteiger partial charge >= 0.3 is 0 Å². The summed E-state index contributed by atoms with van der Waals surface area (Å²) in [5, 5.41) is 12.4. The van der Waals surface area contributed by atoms with E-state index in [-0.39, 0.29) is 0 Å². The van der Waals surface area contributed by atoms with Gasteiger partial charge in [0, 0.05) is 17.9 Å². The Bertz CT molecular complexity index is 641. The number of hydrogen-bond donors (Lipinski definition) is 2. The lowest BCUT2D eigenvalue weighted by Crippen LogP contribution is -2.07. The molecule has 1 aromatic carbocycles. The summed E-state index contributed by atoms with van der Waals surface area (Å²) in [4.78, 5) is 4.38. The fraction of sp³-hybridized carbons (Fsp3) is 0.200. The highest BCUT2D eigenvalue weighted by Crippen LogP contribution is 2.19. The maximum Gasteiger partial charge on any atom is 0.144 e. The van der Waals surface area contributed by atoms with E-state index in [2.05, 4.69) is 16.4 Å². The van der Waals surface area contributed by atoms with E-state index in [4.69, 9.17) is 5.73 Å². The molecule has 0 aliphatic carbocycles. The zero-order valence-corrected chi connectivity index (χ0v) is 11.1. The van der Waals surface area contributed by atoms with E-state index in [1.807, 2.05) is 44.2 Å². The van der Waals surface area contributed by atoms with Crippen molar-refractivity contribution in [3.05, 3.63) is 52.7 Å². The molecule has 0 atom stereocenters. The van der Waals surface area contributed by atoms with Crippen molar-refractivity contribution < 1.29 is 0 Å². The predicted molar refractivity (Wildman–Crippen MR) is 76.6 cm³/mol. The minimum absolute atomic E-state index is 0.553. The summed E-state index contributed by atoms with van der Waals surface area (Å²) in [6, 6.07) is 11.7. The molecule has 0 aliphatic rings. The summed E-state index contributed by atoms with van der Waals surface area (Å²) >= 11 is 0. The third kappa shape index (κ3) is 2.83. The molecule has 19 heavy (non-hydrogen) atoms. The Hall–Kier alpha value is -2.54. The first-order valence-electron chi connectivity index (χ1n) is 6.07. The summed E-state index contributed by atoms with van der Waals surface area (Å²) in [5.41, 5.74) is 10.0. The van der Waals surface area contributed by atoms with Crippen LogP contribution in [0.3, 0.4) is 0 Å². The molecule has 0 saturated heterocycles. The molecule has 0 unspecified atom stereocenters. The lowest BCUT2D eigenvalue weighted by Gasteiger charge is -2.11. The number of pyridine rings is 1. The average molecular weight is 252 g/mol. The zero-order valence-electron chi connectivity index (χ0n) is 11.1. The van der Waals surface area contributed by atoms with Gasteiger partial charge in [0.2, 0.25) is 0 Å². The van der Waals surface area contributed by atoms with Crippen LogP contribution < -0.4 is 11.1 Å². The maximum absolute atomic E-state index is 9.19. The van der Waals surface area contributed by atoms with Gasteiger partial charge in [0.15, 0.2) is 0 Å². The number of nitrogens with two attached hydrogens (primary N) is 1. The Labute approximate surface area is 112 Å². The second-order valence-electron chi connectivity index (χ2n) is 4.47. The number of para-hydroxylation sites is 1. The summed E-state index contributed by atoms with van der Waals surface area (Å²) in [6.45, 7) is 4.38. The van der Waals surface area contributed by atoms with E-state index in [9.17, 15) is 5.26 Å². The quantitative estimate of drug-likeness (QED) is 0.824. The van der Waals surface area contributed by atoms with Gasteiger partial charge in [0.05, 0.1) is 5.56 Å². The van der Waals surface area contributed by atoms with Crippen LogP contribution in [-0.2, 0) is 6.54 Å². The van der Waals surface area contributed by atoms with Crippen LogP contribution in [0.25, 0.3) is 0 Å². The van der Waals surface area contributed by atoms with Crippen molar-refractivity contribution in [1.82, 2.24) is 4.98 Å². The van der Waals surface area contributed by atoms with E-state index < -0.39 is 0 Å². The fourth-order valence-electron chi connectivity index (χ4n) is 1.98. The third-order valence-corrected chi connectivity index (χ3v) is 2.96. The number of nitrogens with one attached hydrogen (secondary N) is 1. The highest BCUT2D eigenvalue weighted by Gasteiger charge is 2.08. The number of hydrogen-bond acceptors (Lipinski definition) is 4. The fourth-order valence-corrected chi connectivity index (χ4v) is 1.98. The van der Waals surface area contributed by atoms with Gasteiger partial charge in [-0.2, -0.15) is 5.26 Å². The SMILES string of the molecule is Cc1cc(C)c(C#N)c(NCc2ccccc2N)n1. The van der Waals surface area contributed by atoms with Gasteiger partial charge in [-0.25, -0.2) is 4.98 Å². The molecule has 0 amide bonds. The number of nitriles is 1. The van der Waals surface area contributed by atoms with Crippen LogP contribution in [0.2, 0.25) is 0 Å². The molecule has 0 fully saturated rings. The molecule has 4 heteroatoms. The topological polar surface area (TPSA) is 74.7 Å². The minimum Gasteiger partial charge on any atom is -0.398 e. The number of aromatic nitrogens is 1. The van der Waals surface area contributed by atoms with Crippen molar-refractivity contribution in [3.63, 3.8) is 0 Å². The molecule has 2 aromatic rings. The van der Waals surface area contributed by atoms with Crippen molar-refractivity contribution in [2.75, 3.05) is 11.1 Å². The summed E-state index contributed by atoms with van der Waals surface area (Å²) in [7, 11) is 0. The molecule has 4 nitrogen and oxygen atoms in total. The summed E-state index contributed by atoms with van der Waals surface area (Å²) < 4.78 is 0. The molecule has 3 N–H and O–H groups in total. The van der Waals surface area contributed by atoms with Gasteiger partial charge in [-0.05, 0) is 37.1 Å². The van der Waals surface area contributed by atoms with Crippen molar-refractivity contribution in [2.24, 2.45) is 0 Å². The van der Waals surface area contributed by atoms with Crippen LogP contribution in [0.4, 0.5) is 11.5 Å². The van der Waals surface area contributed by atoms with Crippen molar-refractivity contribution in [1.29, 1.82) is 5.26 Å². The van der Waals surface area contributed by atoms with Crippen molar-refractivity contribution in [2.45, 2.75) is 20.4 Å². The van der Waals surface area contributed by atoms with Crippen molar-refractivity contribution >= 4 is 11.5 Å². The second-order valence-corrected chi connectivity index (χ2v) is 4.47. The molecule has 0 bridgehead atoms. The van der Waals surface area contributed by atoms with Crippen LogP contribution in [0.5, 0.6) is 0 Å². The number of rotatable bonds is 3. The highest BCUT2D eigenvalue weighted by atomic mass is 15.0. The molecular weight excluding hydrogens is 236 g/mol. The van der Waals surface area contributed by atoms with E-state index >= 15 is 0 Å². The summed E-state index contributed by atoms with van der Waals surface area (Å²) in [5.74, 6) is 0.614. The molecule has 0 saturated carbocycles. The molecule has 1 aromatic heterocycles. The number of anilines is 2. The van der Waals surface area contributed by atoms with Crippen LogP contribution in [0, 0.1) is 25.2 Å². The minimum atomic E-state index is 0.553. The Morgan fingerprint density at radius 3 is 2.74 bits per heavy atom. The zero-order chi connectivity index (χ0) is 13.8. The first-order valence-corrected chi connectivity index (χ1v) is 6.07. The Balaban J connectivity index is 2.25. The van der Waals surface area contributed by atoms with Gasteiger partial charge in [-0.3, -0.25) is 0 Å². The average Bonchev–Trinajstić information content (AvgIpc) is 2.37. The van der Waals surface area contributed by atoms with Gasteiger partial charge in [0.1, 0.15) is 11.9 Å². The molecule has 0 radical (unpaired) electrons. The van der Waals surface area contributed by atoms with Crippen LogP contribution in [-0.4, -0.2) is 4.98 Å². The number of benzene rings is 1. The van der Waals surface area contributed by atoms with E-state index in [1.54, 1.807) is 0 Å². The molecule has 0 aliphatic heterocycles. The Morgan fingerprint density at radius 1 is 1.32 bits per heavy atom. The van der Waals surface area contributed by atoms with Crippen LogP contribution >= 0.6 is 0 Å².